The van der Waals surface area contributed by atoms with E-state index in [1.807, 2.05) is 61.5 Å². The number of hydrogen-bond donors (Lipinski definition) is 1. The minimum atomic E-state index is -0.256. The normalized spacial score (nSPS) is 10.7. The summed E-state index contributed by atoms with van der Waals surface area (Å²) in [7, 11) is 0. The fraction of sp³-hybridized carbons (Fsp3) is 0.200. The maximum absolute atomic E-state index is 12.1. The molecule has 0 aromatic heterocycles. The zero-order chi connectivity index (χ0) is 21.2. The second kappa shape index (κ2) is 10.8. The Balaban J connectivity index is 1.47. The second-order valence-electron chi connectivity index (χ2n) is 6.92. The Bertz CT molecular complexity index is 1000. The molecule has 0 fully saturated rings. The Morgan fingerprint density at radius 3 is 2.37 bits per heavy atom. The molecule has 3 aromatic rings. The van der Waals surface area contributed by atoms with Crippen LogP contribution in [0.3, 0.4) is 0 Å². The number of ether oxygens (including phenoxy) is 2. The second-order valence-corrected chi connectivity index (χ2v) is 6.92. The number of amides is 1. The van der Waals surface area contributed by atoms with Crippen LogP contribution in [0.5, 0.6) is 11.5 Å². The van der Waals surface area contributed by atoms with Gasteiger partial charge < -0.3 is 9.47 Å². The van der Waals surface area contributed by atoms with Crippen LogP contribution in [0.1, 0.15) is 33.5 Å². The van der Waals surface area contributed by atoms with Crippen LogP contribution in [0.4, 0.5) is 0 Å². The van der Waals surface area contributed by atoms with Crippen molar-refractivity contribution in [3.05, 3.63) is 95.1 Å². The lowest BCUT2D eigenvalue weighted by molar-refractivity contribution is 0.0955. The number of hydrazone groups is 1. The number of carbonyl (C=O) groups is 1. The molecule has 5 nitrogen and oxygen atoms in total. The highest BCUT2D eigenvalue weighted by atomic mass is 16.5. The average molecular weight is 402 g/mol. The predicted octanol–water partition coefficient (Wildman–Crippen LogP) is 4.92. The molecule has 3 rings (SSSR count). The summed E-state index contributed by atoms with van der Waals surface area (Å²) in [5.41, 5.74) is 6.24. The number of para-hydroxylation sites is 1. The van der Waals surface area contributed by atoms with E-state index in [0.717, 1.165) is 23.3 Å². The lowest BCUT2D eigenvalue weighted by atomic mass is 10.1. The first kappa shape index (κ1) is 21.1. The molecule has 0 aliphatic carbocycles. The summed E-state index contributed by atoms with van der Waals surface area (Å²) in [4.78, 5) is 12.1. The number of nitrogens with one attached hydrogen (secondary N) is 1. The number of rotatable bonds is 9. The molecule has 30 heavy (non-hydrogen) atoms. The van der Waals surface area contributed by atoms with Crippen molar-refractivity contribution in [2.24, 2.45) is 5.10 Å². The summed E-state index contributed by atoms with van der Waals surface area (Å²) < 4.78 is 11.7. The van der Waals surface area contributed by atoms with Crippen LogP contribution in [-0.2, 0) is 0 Å². The van der Waals surface area contributed by atoms with E-state index in [4.69, 9.17) is 9.47 Å². The Morgan fingerprint density at radius 1 is 0.900 bits per heavy atom. The molecule has 0 saturated heterocycles. The van der Waals surface area contributed by atoms with E-state index in [9.17, 15) is 4.79 Å². The van der Waals surface area contributed by atoms with Crippen molar-refractivity contribution in [2.75, 3.05) is 13.2 Å². The summed E-state index contributed by atoms with van der Waals surface area (Å²) in [5.74, 6) is 1.36. The van der Waals surface area contributed by atoms with Gasteiger partial charge in [0.15, 0.2) is 0 Å². The van der Waals surface area contributed by atoms with Crippen molar-refractivity contribution < 1.29 is 14.3 Å². The number of hydrogen-bond acceptors (Lipinski definition) is 4. The highest BCUT2D eigenvalue weighted by Crippen LogP contribution is 2.19. The molecule has 0 aliphatic rings. The zero-order valence-corrected chi connectivity index (χ0v) is 17.3. The van der Waals surface area contributed by atoms with Gasteiger partial charge in [0.1, 0.15) is 11.5 Å². The van der Waals surface area contributed by atoms with Crippen LogP contribution in [0.25, 0.3) is 0 Å². The van der Waals surface area contributed by atoms with Crippen LogP contribution in [0.15, 0.2) is 77.9 Å². The SMILES string of the molecule is Cc1ccc(OCCCOc2ccccc2/C=N/NC(=O)c2ccccc2)c(C)c1. The van der Waals surface area contributed by atoms with Crippen molar-refractivity contribution in [2.45, 2.75) is 20.3 Å². The quantitative estimate of drug-likeness (QED) is 0.314. The Kier molecular flexibility index (Phi) is 7.61. The van der Waals surface area contributed by atoms with Gasteiger partial charge in [-0.15, -0.1) is 0 Å². The van der Waals surface area contributed by atoms with Crippen LogP contribution in [-0.4, -0.2) is 25.3 Å². The van der Waals surface area contributed by atoms with Gasteiger partial charge in [0.2, 0.25) is 0 Å². The van der Waals surface area contributed by atoms with Gasteiger partial charge in [0.05, 0.1) is 19.4 Å². The molecule has 3 aromatic carbocycles. The van der Waals surface area contributed by atoms with E-state index in [1.165, 1.54) is 5.56 Å². The molecule has 0 radical (unpaired) electrons. The summed E-state index contributed by atoms with van der Waals surface area (Å²) in [6.07, 6.45) is 2.34. The largest absolute Gasteiger partial charge is 0.493 e. The fourth-order valence-electron chi connectivity index (χ4n) is 2.92. The standard InChI is InChI=1S/C25H26N2O3/c1-19-13-14-23(20(2)17-19)29-15-8-16-30-24-12-7-6-11-22(24)18-26-27-25(28)21-9-4-3-5-10-21/h3-7,9-14,17-18H,8,15-16H2,1-2H3,(H,27,28)/b26-18+. The summed E-state index contributed by atoms with van der Waals surface area (Å²) in [5, 5.41) is 4.05. The molecule has 1 amide bonds. The van der Waals surface area contributed by atoms with E-state index in [0.29, 0.717) is 24.5 Å². The molecule has 0 spiro atoms. The molecule has 0 aliphatic heterocycles. The van der Waals surface area contributed by atoms with Gasteiger partial charge >= 0.3 is 0 Å². The minimum Gasteiger partial charge on any atom is -0.493 e. The Labute approximate surface area is 177 Å². The highest BCUT2D eigenvalue weighted by Gasteiger charge is 2.04. The monoisotopic (exact) mass is 402 g/mol. The van der Waals surface area contributed by atoms with Crippen LogP contribution in [0, 0.1) is 13.8 Å². The molecule has 0 unspecified atom stereocenters. The van der Waals surface area contributed by atoms with Gasteiger partial charge in [-0.25, -0.2) is 5.43 Å². The van der Waals surface area contributed by atoms with Crippen molar-refractivity contribution >= 4 is 12.1 Å². The lowest BCUT2D eigenvalue weighted by Gasteiger charge is -2.11. The van der Waals surface area contributed by atoms with Crippen molar-refractivity contribution in [1.82, 2.24) is 5.43 Å². The van der Waals surface area contributed by atoms with E-state index in [1.54, 1.807) is 18.3 Å². The number of nitrogens with zero attached hydrogens (tertiary/aromatic N) is 1. The third kappa shape index (κ3) is 6.21. The third-order valence-corrected chi connectivity index (χ3v) is 4.46. The van der Waals surface area contributed by atoms with Crippen molar-refractivity contribution in [1.29, 1.82) is 0 Å². The van der Waals surface area contributed by atoms with E-state index in [2.05, 4.69) is 23.5 Å². The fourth-order valence-corrected chi connectivity index (χ4v) is 2.92. The van der Waals surface area contributed by atoms with Gasteiger partial charge in [-0.2, -0.15) is 5.10 Å². The molecule has 0 saturated carbocycles. The molecular weight excluding hydrogens is 376 g/mol. The van der Waals surface area contributed by atoms with E-state index in [-0.39, 0.29) is 5.91 Å². The summed E-state index contributed by atoms with van der Waals surface area (Å²) in [6.45, 7) is 5.21. The van der Waals surface area contributed by atoms with Gasteiger partial charge in [0.25, 0.3) is 5.91 Å². The molecular formula is C25H26N2O3. The van der Waals surface area contributed by atoms with Gasteiger partial charge in [-0.3, -0.25) is 4.79 Å². The number of aryl methyl sites for hydroxylation is 2. The first-order chi connectivity index (χ1) is 14.6. The van der Waals surface area contributed by atoms with Crippen LogP contribution in [0.2, 0.25) is 0 Å². The number of benzene rings is 3. The third-order valence-electron chi connectivity index (χ3n) is 4.46. The van der Waals surface area contributed by atoms with Crippen LogP contribution < -0.4 is 14.9 Å². The average Bonchev–Trinajstić information content (AvgIpc) is 2.76. The number of carbonyl (C=O) groups excluding carboxylic acids is 1. The molecule has 1 N–H and O–H groups in total. The molecule has 0 bridgehead atoms. The minimum absolute atomic E-state index is 0.256. The molecule has 0 heterocycles. The molecule has 5 heteroatoms. The van der Waals surface area contributed by atoms with Gasteiger partial charge in [0, 0.05) is 17.5 Å². The first-order valence-electron chi connectivity index (χ1n) is 9.94. The van der Waals surface area contributed by atoms with Crippen molar-refractivity contribution in [3.8, 4) is 11.5 Å². The Morgan fingerprint density at radius 2 is 1.60 bits per heavy atom. The summed E-state index contributed by atoms with van der Waals surface area (Å²) in [6, 6.07) is 22.7. The van der Waals surface area contributed by atoms with Crippen molar-refractivity contribution in [3.63, 3.8) is 0 Å². The van der Waals surface area contributed by atoms with Crippen LogP contribution >= 0.6 is 0 Å². The molecule has 154 valence electrons. The molecule has 0 atom stereocenters. The highest BCUT2D eigenvalue weighted by molar-refractivity contribution is 5.95. The topological polar surface area (TPSA) is 59.9 Å². The maximum Gasteiger partial charge on any atom is 0.271 e. The Hall–Kier alpha value is -3.60. The van der Waals surface area contributed by atoms with Gasteiger partial charge in [-0.1, -0.05) is 48.0 Å². The zero-order valence-electron chi connectivity index (χ0n) is 17.3. The smallest absolute Gasteiger partial charge is 0.271 e. The first-order valence-corrected chi connectivity index (χ1v) is 9.94. The lowest BCUT2D eigenvalue weighted by Crippen LogP contribution is -2.17. The van der Waals surface area contributed by atoms with E-state index < -0.39 is 0 Å². The maximum atomic E-state index is 12.1. The van der Waals surface area contributed by atoms with E-state index >= 15 is 0 Å². The van der Waals surface area contributed by atoms with Gasteiger partial charge in [-0.05, 0) is 49.7 Å². The predicted molar refractivity (Wildman–Crippen MR) is 119 cm³/mol. The summed E-state index contributed by atoms with van der Waals surface area (Å²) >= 11 is 0.